The fourth-order valence-corrected chi connectivity index (χ4v) is 2.70. The molecule has 0 radical (unpaired) electrons. The van der Waals surface area contributed by atoms with E-state index in [4.69, 9.17) is 5.11 Å². The third-order valence-electron chi connectivity index (χ3n) is 3.80. The molecular weight excluding hydrogens is 268 g/mol. The van der Waals surface area contributed by atoms with Gasteiger partial charge in [-0.15, -0.1) is 0 Å². The Balaban J connectivity index is 2.43. The average Bonchev–Trinajstić information content (AvgIpc) is 2.72. The van der Waals surface area contributed by atoms with E-state index in [2.05, 4.69) is 23.4 Å². The summed E-state index contributed by atoms with van der Waals surface area (Å²) < 4.78 is 2.07. The third-order valence-corrected chi connectivity index (χ3v) is 3.80. The van der Waals surface area contributed by atoms with Crippen molar-refractivity contribution in [3.8, 4) is 0 Å². The Kier molecular flexibility index (Phi) is 4.32. The topological polar surface area (TPSA) is 75.3 Å². The zero-order valence-electron chi connectivity index (χ0n) is 12.8. The van der Waals surface area contributed by atoms with Gasteiger partial charge in [-0.05, 0) is 37.3 Å². The van der Waals surface area contributed by atoms with E-state index >= 15 is 0 Å². The maximum absolute atomic E-state index is 11.3. The Bertz CT molecular complexity index is 659. The first-order valence-corrected chi connectivity index (χ1v) is 7.16. The molecule has 0 saturated heterocycles. The number of rotatable bonds is 6. The molecule has 5 nitrogen and oxygen atoms in total. The summed E-state index contributed by atoms with van der Waals surface area (Å²) in [6.45, 7) is 7.13. The van der Waals surface area contributed by atoms with Crippen LogP contribution in [0.1, 0.15) is 42.9 Å². The SMILES string of the molecule is Cc1nc2c(C(=O)O)cccc2n1CC(C)(C)CCCO. The minimum absolute atomic E-state index is 0.0142. The molecule has 2 rings (SSSR count). The number of aliphatic hydroxyl groups is 1. The molecule has 0 aliphatic carbocycles. The molecule has 1 heterocycles. The summed E-state index contributed by atoms with van der Waals surface area (Å²) in [5.74, 6) is -0.138. The van der Waals surface area contributed by atoms with Crippen molar-refractivity contribution in [3.05, 3.63) is 29.6 Å². The smallest absolute Gasteiger partial charge is 0.337 e. The molecule has 0 amide bonds. The van der Waals surface area contributed by atoms with E-state index in [0.29, 0.717) is 5.52 Å². The normalized spacial score (nSPS) is 12.0. The summed E-state index contributed by atoms with van der Waals surface area (Å²) in [6, 6.07) is 5.24. The number of imidazole rings is 1. The zero-order chi connectivity index (χ0) is 15.6. The molecule has 0 fully saturated rings. The molecule has 0 aliphatic heterocycles. The number of carboxylic acids is 1. The van der Waals surface area contributed by atoms with E-state index in [0.717, 1.165) is 30.7 Å². The Morgan fingerprint density at radius 1 is 1.38 bits per heavy atom. The molecule has 0 saturated carbocycles. The van der Waals surface area contributed by atoms with Gasteiger partial charge >= 0.3 is 5.97 Å². The van der Waals surface area contributed by atoms with Crippen molar-refractivity contribution < 1.29 is 15.0 Å². The van der Waals surface area contributed by atoms with Gasteiger partial charge in [0.1, 0.15) is 11.3 Å². The van der Waals surface area contributed by atoms with Crippen molar-refractivity contribution in [1.82, 2.24) is 9.55 Å². The van der Waals surface area contributed by atoms with Crippen LogP contribution in [-0.4, -0.2) is 32.3 Å². The highest BCUT2D eigenvalue weighted by Crippen LogP contribution is 2.28. The van der Waals surface area contributed by atoms with Gasteiger partial charge in [0.15, 0.2) is 0 Å². The van der Waals surface area contributed by atoms with E-state index in [1.165, 1.54) is 0 Å². The Morgan fingerprint density at radius 3 is 2.71 bits per heavy atom. The van der Waals surface area contributed by atoms with Gasteiger partial charge in [-0.3, -0.25) is 0 Å². The van der Waals surface area contributed by atoms with E-state index in [1.54, 1.807) is 12.1 Å². The van der Waals surface area contributed by atoms with E-state index in [9.17, 15) is 9.90 Å². The first-order chi connectivity index (χ1) is 9.85. The Labute approximate surface area is 124 Å². The number of carboxylic acid groups (broad SMARTS) is 1. The summed E-state index contributed by atoms with van der Waals surface area (Å²) >= 11 is 0. The lowest BCUT2D eigenvalue weighted by atomic mass is 9.87. The monoisotopic (exact) mass is 290 g/mol. The molecule has 0 bridgehead atoms. The van der Waals surface area contributed by atoms with Crippen LogP contribution in [0, 0.1) is 12.3 Å². The molecular formula is C16H22N2O3. The van der Waals surface area contributed by atoms with Crippen LogP contribution in [0.5, 0.6) is 0 Å². The molecule has 0 atom stereocenters. The largest absolute Gasteiger partial charge is 0.478 e. The number of benzene rings is 1. The minimum Gasteiger partial charge on any atom is -0.478 e. The highest BCUT2D eigenvalue weighted by atomic mass is 16.4. The summed E-state index contributed by atoms with van der Waals surface area (Å²) in [5, 5.41) is 18.2. The predicted molar refractivity (Wildman–Crippen MR) is 81.5 cm³/mol. The van der Waals surface area contributed by atoms with Crippen molar-refractivity contribution in [2.45, 2.75) is 40.2 Å². The summed E-state index contributed by atoms with van der Waals surface area (Å²) in [4.78, 5) is 15.7. The molecule has 0 aliphatic rings. The lowest BCUT2D eigenvalue weighted by Gasteiger charge is -2.26. The number of hydrogen-bond acceptors (Lipinski definition) is 3. The average molecular weight is 290 g/mol. The second kappa shape index (κ2) is 5.85. The van der Waals surface area contributed by atoms with Crippen molar-refractivity contribution in [1.29, 1.82) is 0 Å². The molecule has 1 aromatic carbocycles. The summed E-state index contributed by atoms with van der Waals surface area (Å²) in [5.41, 5.74) is 1.65. The van der Waals surface area contributed by atoms with Crippen LogP contribution >= 0.6 is 0 Å². The minimum atomic E-state index is -0.954. The number of para-hydroxylation sites is 1. The predicted octanol–water partition coefficient (Wildman–Crippen LogP) is 2.84. The van der Waals surface area contributed by atoms with Crippen molar-refractivity contribution in [2.24, 2.45) is 5.41 Å². The number of carbonyl (C=O) groups is 1. The number of nitrogens with zero attached hydrogens (tertiary/aromatic N) is 2. The molecule has 21 heavy (non-hydrogen) atoms. The lowest BCUT2D eigenvalue weighted by molar-refractivity contribution is 0.0699. The standard InChI is InChI=1S/C16H22N2O3/c1-11-17-14-12(15(20)21)6-4-7-13(14)18(11)10-16(2,3)8-5-9-19/h4,6-7,19H,5,8-10H2,1-3H3,(H,20,21). The maximum atomic E-state index is 11.3. The zero-order valence-corrected chi connectivity index (χ0v) is 12.8. The second-order valence-electron chi connectivity index (χ2n) is 6.21. The van der Waals surface area contributed by atoms with Crippen molar-refractivity contribution in [3.63, 3.8) is 0 Å². The number of aromatic nitrogens is 2. The quantitative estimate of drug-likeness (QED) is 0.857. The van der Waals surface area contributed by atoms with Gasteiger partial charge in [0.05, 0.1) is 11.1 Å². The van der Waals surface area contributed by atoms with E-state index in [-0.39, 0.29) is 17.6 Å². The lowest BCUT2D eigenvalue weighted by Crippen LogP contribution is -2.21. The highest BCUT2D eigenvalue weighted by molar-refractivity contribution is 6.01. The summed E-state index contributed by atoms with van der Waals surface area (Å²) in [6.07, 6.45) is 1.67. The molecule has 2 N–H and O–H groups in total. The molecule has 0 spiro atoms. The molecule has 114 valence electrons. The van der Waals surface area contributed by atoms with Gasteiger partial charge in [-0.2, -0.15) is 0 Å². The van der Waals surface area contributed by atoms with Crippen molar-refractivity contribution in [2.75, 3.05) is 6.61 Å². The van der Waals surface area contributed by atoms with Crippen LogP contribution in [0.25, 0.3) is 11.0 Å². The van der Waals surface area contributed by atoms with Crippen LogP contribution in [0.3, 0.4) is 0 Å². The van der Waals surface area contributed by atoms with Gasteiger partial charge in [0, 0.05) is 13.2 Å². The Hall–Kier alpha value is -1.88. The van der Waals surface area contributed by atoms with Gasteiger partial charge in [-0.1, -0.05) is 19.9 Å². The number of aromatic carboxylic acids is 1. The van der Waals surface area contributed by atoms with Crippen LogP contribution in [0.15, 0.2) is 18.2 Å². The second-order valence-corrected chi connectivity index (χ2v) is 6.21. The fourth-order valence-electron chi connectivity index (χ4n) is 2.70. The molecule has 0 unspecified atom stereocenters. The van der Waals surface area contributed by atoms with Gasteiger partial charge in [0.25, 0.3) is 0 Å². The highest BCUT2D eigenvalue weighted by Gasteiger charge is 2.22. The molecule has 2 aromatic rings. The first-order valence-electron chi connectivity index (χ1n) is 7.16. The van der Waals surface area contributed by atoms with Gasteiger partial charge < -0.3 is 14.8 Å². The molecule has 1 aromatic heterocycles. The molecule has 5 heteroatoms. The maximum Gasteiger partial charge on any atom is 0.337 e. The fraction of sp³-hybridized carbons (Fsp3) is 0.500. The van der Waals surface area contributed by atoms with E-state index in [1.807, 2.05) is 13.0 Å². The van der Waals surface area contributed by atoms with E-state index < -0.39 is 5.97 Å². The van der Waals surface area contributed by atoms with Crippen LogP contribution in [-0.2, 0) is 6.54 Å². The number of fused-ring (bicyclic) bond motifs is 1. The van der Waals surface area contributed by atoms with Gasteiger partial charge in [0.2, 0.25) is 0 Å². The number of aryl methyl sites for hydroxylation is 1. The van der Waals surface area contributed by atoms with Crippen molar-refractivity contribution >= 4 is 17.0 Å². The number of hydrogen-bond donors (Lipinski definition) is 2. The summed E-state index contributed by atoms with van der Waals surface area (Å²) in [7, 11) is 0. The number of aliphatic hydroxyl groups excluding tert-OH is 1. The first kappa shape index (κ1) is 15.5. The third kappa shape index (κ3) is 3.24. The van der Waals surface area contributed by atoms with Crippen LogP contribution in [0.4, 0.5) is 0 Å². The Morgan fingerprint density at radius 2 is 2.10 bits per heavy atom. The van der Waals surface area contributed by atoms with Crippen LogP contribution in [0.2, 0.25) is 0 Å². The van der Waals surface area contributed by atoms with Crippen LogP contribution < -0.4 is 0 Å². The van der Waals surface area contributed by atoms with Gasteiger partial charge in [-0.25, -0.2) is 9.78 Å².